The zero-order chi connectivity index (χ0) is 16.8. The number of hydrogen-bond donors (Lipinski definition) is 3. The van der Waals surface area contributed by atoms with E-state index in [1.54, 1.807) is 6.92 Å². The number of ether oxygens (including phenoxy) is 2. The molecule has 1 amide bonds. The number of hydrogen-bond acceptors (Lipinski definition) is 4. The quantitative estimate of drug-likeness (QED) is 0.642. The van der Waals surface area contributed by atoms with Gasteiger partial charge in [0.25, 0.3) is 0 Å². The standard InChI is InChI=1S/C16H23N3O4/c1-4-22-7-8-23-11(3)15(20)17-10(2)12-5-6-13-14(9-12)19-16(21)18-13/h5-6,9-11H,4,7-8H2,1-3H3,(H,17,20)(H2,18,19,21)/t10-,11+/m0/s1. The van der Waals surface area contributed by atoms with Crippen molar-refractivity contribution in [3.63, 3.8) is 0 Å². The third-order valence-electron chi connectivity index (χ3n) is 3.57. The van der Waals surface area contributed by atoms with Gasteiger partial charge in [-0.25, -0.2) is 4.79 Å². The first kappa shape index (κ1) is 17.2. The number of benzene rings is 1. The average Bonchev–Trinajstić information content (AvgIpc) is 2.90. The Hall–Kier alpha value is -2.12. The Morgan fingerprint density at radius 2 is 1.96 bits per heavy atom. The van der Waals surface area contributed by atoms with Crippen molar-refractivity contribution in [3.05, 3.63) is 34.2 Å². The minimum Gasteiger partial charge on any atom is -0.379 e. The Morgan fingerprint density at radius 1 is 1.22 bits per heavy atom. The molecule has 0 saturated heterocycles. The summed E-state index contributed by atoms with van der Waals surface area (Å²) in [5.74, 6) is -0.184. The van der Waals surface area contributed by atoms with Gasteiger partial charge >= 0.3 is 5.69 Å². The summed E-state index contributed by atoms with van der Waals surface area (Å²) in [5, 5.41) is 2.90. The van der Waals surface area contributed by atoms with Crippen molar-refractivity contribution in [1.82, 2.24) is 15.3 Å². The van der Waals surface area contributed by atoms with Crippen LogP contribution in [0.2, 0.25) is 0 Å². The molecule has 0 unspecified atom stereocenters. The second-order valence-electron chi connectivity index (χ2n) is 5.32. The van der Waals surface area contributed by atoms with Gasteiger partial charge in [0.15, 0.2) is 0 Å². The number of carbonyl (C=O) groups is 1. The summed E-state index contributed by atoms with van der Waals surface area (Å²) in [6.45, 7) is 6.99. The second-order valence-corrected chi connectivity index (χ2v) is 5.32. The molecule has 0 saturated carbocycles. The number of nitrogens with one attached hydrogen (secondary N) is 3. The van der Waals surface area contributed by atoms with Gasteiger partial charge in [0.1, 0.15) is 6.10 Å². The fourth-order valence-electron chi connectivity index (χ4n) is 2.24. The van der Waals surface area contributed by atoms with Gasteiger partial charge in [-0.15, -0.1) is 0 Å². The maximum atomic E-state index is 12.1. The first-order chi connectivity index (χ1) is 11.0. The molecular formula is C16H23N3O4. The SMILES string of the molecule is CCOCCO[C@H](C)C(=O)N[C@@H](C)c1ccc2[nH]c(=O)[nH]c2c1. The Labute approximate surface area is 134 Å². The van der Waals surface area contributed by atoms with Crippen LogP contribution in [0.4, 0.5) is 0 Å². The zero-order valence-corrected chi connectivity index (χ0v) is 13.6. The molecule has 0 aliphatic heterocycles. The van der Waals surface area contributed by atoms with E-state index in [1.807, 2.05) is 32.0 Å². The van der Waals surface area contributed by atoms with Crippen LogP contribution in [0.25, 0.3) is 11.0 Å². The van der Waals surface area contributed by atoms with E-state index >= 15 is 0 Å². The third-order valence-corrected chi connectivity index (χ3v) is 3.57. The lowest BCUT2D eigenvalue weighted by Crippen LogP contribution is -2.36. The molecule has 2 atom stereocenters. The minimum atomic E-state index is -0.547. The largest absolute Gasteiger partial charge is 0.379 e. The zero-order valence-electron chi connectivity index (χ0n) is 13.6. The van der Waals surface area contributed by atoms with Gasteiger partial charge in [-0.05, 0) is 38.5 Å². The summed E-state index contributed by atoms with van der Waals surface area (Å²) in [7, 11) is 0. The molecule has 7 heteroatoms. The van der Waals surface area contributed by atoms with Crippen molar-refractivity contribution in [1.29, 1.82) is 0 Å². The lowest BCUT2D eigenvalue weighted by Gasteiger charge is -2.18. The first-order valence-electron chi connectivity index (χ1n) is 7.73. The lowest BCUT2D eigenvalue weighted by molar-refractivity contribution is -0.133. The van der Waals surface area contributed by atoms with Crippen LogP contribution in [0.15, 0.2) is 23.0 Å². The van der Waals surface area contributed by atoms with E-state index in [4.69, 9.17) is 9.47 Å². The number of amides is 1. The molecule has 0 aliphatic carbocycles. The van der Waals surface area contributed by atoms with E-state index < -0.39 is 6.10 Å². The Bertz CT molecular complexity index is 707. The maximum absolute atomic E-state index is 12.1. The fraction of sp³-hybridized carbons (Fsp3) is 0.500. The van der Waals surface area contributed by atoms with E-state index in [0.29, 0.717) is 19.8 Å². The summed E-state index contributed by atoms with van der Waals surface area (Å²) in [4.78, 5) is 28.8. The maximum Gasteiger partial charge on any atom is 0.323 e. The van der Waals surface area contributed by atoms with Crippen LogP contribution in [0.5, 0.6) is 0 Å². The first-order valence-corrected chi connectivity index (χ1v) is 7.73. The number of rotatable bonds is 8. The van der Waals surface area contributed by atoms with Crippen LogP contribution in [-0.4, -0.2) is 41.8 Å². The molecule has 0 spiro atoms. The number of carbonyl (C=O) groups excluding carboxylic acids is 1. The number of aromatic amines is 2. The molecule has 0 fully saturated rings. The van der Waals surface area contributed by atoms with Crippen molar-refractivity contribution in [2.24, 2.45) is 0 Å². The molecule has 1 heterocycles. The highest BCUT2D eigenvalue weighted by Gasteiger charge is 2.17. The molecule has 7 nitrogen and oxygen atoms in total. The van der Waals surface area contributed by atoms with E-state index in [1.165, 1.54) is 0 Å². The molecule has 1 aromatic heterocycles. The Morgan fingerprint density at radius 3 is 2.70 bits per heavy atom. The monoisotopic (exact) mass is 321 g/mol. The summed E-state index contributed by atoms with van der Waals surface area (Å²) >= 11 is 0. The van der Waals surface area contributed by atoms with Crippen molar-refractivity contribution >= 4 is 16.9 Å². The second kappa shape index (κ2) is 7.94. The molecule has 2 aromatic rings. The van der Waals surface area contributed by atoms with Gasteiger partial charge in [-0.2, -0.15) is 0 Å². The molecule has 23 heavy (non-hydrogen) atoms. The van der Waals surface area contributed by atoms with Crippen LogP contribution < -0.4 is 11.0 Å². The summed E-state index contributed by atoms with van der Waals surface area (Å²) in [5.41, 5.74) is 2.12. The van der Waals surface area contributed by atoms with Gasteiger partial charge in [0.2, 0.25) is 5.91 Å². The van der Waals surface area contributed by atoms with Gasteiger partial charge < -0.3 is 24.8 Å². The van der Waals surface area contributed by atoms with E-state index in [2.05, 4.69) is 15.3 Å². The highest BCUT2D eigenvalue weighted by atomic mass is 16.5. The minimum absolute atomic E-state index is 0.184. The highest BCUT2D eigenvalue weighted by molar-refractivity contribution is 5.81. The van der Waals surface area contributed by atoms with Crippen LogP contribution in [0, 0.1) is 0 Å². The molecule has 1 aromatic carbocycles. The molecule has 0 aliphatic rings. The van der Waals surface area contributed by atoms with Gasteiger partial charge in [-0.3, -0.25) is 4.79 Å². The number of H-pyrrole nitrogens is 2. The number of aromatic nitrogens is 2. The van der Waals surface area contributed by atoms with Crippen molar-refractivity contribution in [3.8, 4) is 0 Å². The van der Waals surface area contributed by atoms with E-state index in [0.717, 1.165) is 16.6 Å². The topological polar surface area (TPSA) is 96.2 Å². The summed E-state index contributed by atoms with van der Waals surface area (Å²) in [6, 6.07) is 5.34. The van der Waals surface area contributed by atoms with Crippen LogP contribution >= 0.6 is 0 Å². The number of imidazole rings is 1. The van der Waals surface area contributed by atoms with Gasteiger partial charge in [0.05, 0.1) is 30.3 Å². The van der Waals surface area contributed by atoms with Gasteiger partial charge in [-0.1, -0.05) is 6.07 Å². The summed E-state index contributed by atoms with van der Waals surface area (Å²) in [6.07, 6.45) is -0.547. The third kappa shape index (κ3) is 4.67. The predicted octanol–water partition coefficient (Wildman–Crippen LogP) is 1.47. The van der Waals surface area contributed by atoms with Crippen LogP contribution in [0.3, 0.4) is 0 Å². The van der Waals surface area contributed by atoms with Crippen LogP contribution in [0.1, 0.15) is 32.4 Å². The highest BCUT2D eigenvalue weighted by Crippen LogP contribution is 2.17. The lowest BCUT2D eigenvalue weighted by atomic mass is 10.1. The Kier molecular flexibility index (Phi) is 5.95. The molecule has 2 rings (SSSR count). The molecule has 0 radical (unpaired) electrons. The van der Waals surface area contributed by atoms with Crippen molar-refractivity contribution in [2.45, 2.75) is 32.9 Å². The summed E-state index contributed by atoms with van der Waals surface area (Å²) < 4.78 is 10.6. The number of fused-ring (bicyclic) bond motifs is 1. The van der Waals surface area contributed by atoms with E-state index in [9.17, 15) is 9.59 Å². The fourth-order valence-corrected chi connectivity index (χ4v) is 2.24. The molecule has 0 bridgehead atoms. The van der Waals surface area contributed by atoms with E-state index in [-0.39, 0.29) is 17.6 Å². The molecule has 126 valence electrons. The predicted molar refractivity (Wildman–Crippen MR) is 87.4 cm³/mol. The molecule has 3 N–H and O–H groups in total. The average molecular weight is 321 g/mol. The Balaban J connectivity index is 1.92. The molecular weight excluding hydrogens is 298 g/mol. The normalized spacial score (nSPS) is 13.9. The van der Waals surface area contributed by atoms with Crippen LogP contribution in [-0.2, 0) is 14.3 Å². The van der Waals surface area contributed by atoms with Crippen molar-refractivity contribution < 1.29 is 14.3 Å². The van der Waals surface area contributed by atoms with Crippen molar-refractivity contribution in [2.75, 3.05) is 19.8 Å². The van der Waals surface area contributed by atoms with Gasteiger partial charge in [0, 0.05) is 6.61 Å². The smallest absolute Gasteiger partial charge is 0.323 e.